The molecule has 1 N–H and O–H groups in total. The van der Waals surface area contributed by atoms with Crippen molar-refractivity contribution in [2.75, 3.05) is 19.7 Å². The Morgan fingerprint density at radius 2 is 2.04 bits per heavy atom. The molecule has 1 atom stereocenters. The Bertz CT molecular complexity index is 834. The second kappa shape index (κ2) is 6.79. The van der Waals surface area contributed by atoms with Gasteiger partial charge in [-0.1, -0.05) is 6.07 Å². The van der Waals surface area contributed by atoms with Gasteiger partial charge in [0.05, 0.1) is 24.4 Å². The molecule has 1 fully saturated rings. The third-order valence-corrected chi connectivity index (χ3v) is 3.88. The highest BCUT2D eigenvalue weighted by atomic mass is 19.4. The van der Waals surface area contributed by atoms with Crippen LogP contribution in [0.5, 0.6) is 0 Å². The first-order valence-electron chi connectivity index (χ1n) is 7.62. The maximum Gasteiger partial charge on any atom is 0.416 e. The maximum atomic E-state index is 12.8. The van der Waals surface area contributed by atoms with Crippen molar-refractivity contribution < 1.29 is 32.6 Å². The number of amides is 1. The minimum absolute atomic E-state index is 0.00782. The lowest BCUT2D eigenvalue weighted by Gasteiger charge is -2.30. The molecule has 0 aliphatic carbocycles. The number of morpholine rings is 1. The van der Waals surface area contributed by atoms with Crippen LogP contribution in [0.15, 0.2) is 36.5 Å². The topological polar surface area (TPSA) is 84.7 Å². The molecule has 0 unspecified atom stereocenters. The van der Waals surface area contributed by atoms with Gasteiger partial charge in [0.2, 0.25) is 0 Å². The molecular formula is C16H14F3N3O4. The quantitative estimate of drug-likeness (QED) is 0.892. The first-order chi connectivity index (χ1) is 12.3. The number of ether oxygens (including phenoxy) is 1. The number of hydrogen-bond acceptors (Lipinski definition) is 4. The van der Waals surface area contributed by atoms with E-state index in [9.17, 15) is 22.8 Å². The molecule has 26 heavy (non-hydrogen) atoms. The zero-order chi connectivity index (χ0) is 18.9. The highest BCUT2D eigenvalue weighted by molar-refractivity contribution is 5.92. The SMILES string of the molecule is O=C(O)[C@@H]1CN(C(=O)c2ccn(-c3cccc(C(F)(F)F)c3)n2)CCO1. The molecule has 0 radical (unpaired) electrons. The molecule has 3 rings (SSSR count). The zero-order valence-corrected chi connectivity index (χ0v) is 13.3. The van der Waals surface area contributed by atoms with E-state index in [4.69, 9.17) is 9.84 Å². The van der Waals surface area contributed by atoms with E-state index >= 15 is 0 Å². The number of aromatic nitrogens is 2. The van der Waals surface area contributed by atoms with Crippen molar-refractivity contribution in [2.24, 2.45) is 0 Å². The highest BCUT2D eigenvalue weighted by Gasteiger charge is 2.31. The van der Waals surface area contributed by atoms with Gasteiger partial charge in [-0.25, -0.2) is 9.48 Å². The van der Waals surface area contributed by atoms with Crippen molar-refractivity contribution in [1.29, 1.82) is 0 Å². The molecular weight excluding hydrogens is 355 g/mol. The summed E-state index contributed by atoms with van der Waals surface area (Å²) in [5.41, 5.74) is -0.659. The molecule has 0 saturated carbocycles. The molecule has 0 spiro atoms. The Morgan fingerprint density at radius 1 is 1.27 bits per heavy atom. The number of aliphatic carboxylic acids is 1. The lowest BCUT2D eigenvalue weighted by atomic mass is 10.2. The average Bonchev–Trinajstić information content (AvgIpc) is 3.10. The van der Waals surface area contributed by atoms with Gasteiger partial charge in [0.25, 0.3) is 5.91 Å². The van der Waals surface area contributed by atoms with Crippen LogP contribution in [-0.4, -0.2) is 57.5 Å². The number of carbonyl (C=O) groups is 2. The van der Waals surface area contributed by atoms with E-state index in [0.717, 1.165) is 16.8 Å². The summed E-state index contributed by atoms with van der Waals surface area (Å²) in [7, 11) is 0. The van der Waals surface area contributed by atoms with Crippen molar-refractivity contribution in [2.45, 2.75) is 12.3 Å². The summed E-state index contributed by atoms with van der Waals surface area (Å²) in [5.74, 6) is -1.68. The average molecular weight is 369 g/mol. The Labute approximate surface area is 145 Å². The van der Waals surface area contributed by atoms with Crippen LogP contribution in [0, 0.1) is 0 Å². The molecule has 1 aliphatic heterocycles. The largest absolute Gasteiger partial charge is 0.479 e. The van der Waals surface area contributed by atoms with E-state index in [-0.39, 0.29) is 31.1 Å². The Morgan fingerprint density at radius 3 is 2.73 bits per heavy atom. The molecule has 138 valence electrons. The molecule has 1 aromatic heterocycles. The molecule has 1 aliphatic rings. The van der Waals surface area contributed by atoms with Crippen LogP contribution in [0.2, 0.25) is 0 Å². The number of carboxylic acids is 1. The summed E-state index contributed by atoms with van der Waals surface area (Å²) in [6.45, 7) is 0.167. The van der Waals surface area contributed by atoms with Crippen molar-refractivity contribution in [1.82, 2.24) is 14.7 Å². The molecule has 1 amide bonds. The Balaban J connectivity index is 1.80. The maximum absolute atomic E-state index is 12.8. The summed E-state index contributed by atoms with van der Waals surface area (Å²) in [4.78, 5) is 24.7. The van der Waals surface area contributed by atoms with Gasteiger partial charge in [0.1, 0.15) is 0 Å². The molecule has 2 heterocycles. The fraction of sp³-hybridized carbons (Fsp3) is 0.312. The summed E-state index contributed by atoms with van der Waals surface area (Å²) >= 11 is 0. The van der Waals surface area contributed by atoms with Gasteiger partial charge in [-0.15, -0.1) is 0 Å². The van der Waals surface area contributed by atoms with Gasteiger partial charge in [0.15, 0.2) is 11.8 Å². The highest BCUT2D eigenvalue weighted by Crippen LogP contribution is 2.30. The Hall–Kier alpha value is -2.88. The number of alkyl halides is 3. The third kappa shape index (κ3) is 3.69. The van der Waals surface area contributed by atoms with Crippen LogP contribution in [0.3, 0.4) is 0 Å². The number of carboxylic acid groups (broad SMARTS) is 1. The molecule has 10 heteroatoms. The first-order valence-corrected chi connectivity index (χ1v) is 7.62. The minimum Gasteiger partial charge on any atom is -0.479 e. The summed E-state index contributed by atoms with van der Waals surface area (Å²) < 4.78 is 44.6. The van der Waals surface area contributed by atoms with E-state index in [1.54, 1.807) is 0 Å². The molecule has 0 bridgehead atoms. The summed E-state index contributed by atoms with van der Waals surface area (Å²) in [5, 5.41) is 13.0. The zero-order valence-electron chi connectivity index (χ0n) is 13.3. The van der Waals surface area contributed by atoms with Crippen LogP contribution in [0.25, 0.3) is 5.69 Å². The second-order valence-electron chi connectivity index (χ2n) is 5.64. The molecule has 1 aromatic carbocycles. The Kier molecular flexibility index (Phi) is 4.68. The number of hydrogen-bond donors (Lipinski definition) is 1. The summed E-state index contributed by atoms with van der Waals surface area (Å²) in [6.07, 6.45) is -4.22. The van der Waals surface area contributed by atoms with E-state index in [1.807, 2.05) is 0 Å². The van der Waals surface area contributed by atoms with Crippen LogP contribution in [-0.2, 0) is 15.7 Å². The smallest absolute Gasteiger partial charge is 0.416 e. The van der Waals surface area contributed by atoms with Gasteiger partial charge in [-0.3, -0.25) is 4.79 Å². The first kappa shape index (κ1) is 17.9. The van der Waals surface area contributed by atoms with Crippen LogP contribution in [0.1, 0.15) is 16.1 Å². The number of carbonyl (C=O) groups excluding carboxylic acids is 1. The third-order valence-electron chi connectivity index (χ3n) is 3.88. The fourth-order valence-corrected chi connectivity index (χ4v) is 2.55. The van der Waals surface area contributed by atoms with Crippen molar-refractivity contribution in [3.63, 3.8) is 0 Å². The molecule has 2 aromatic rings. The van der Waals surface area contributed by atoms with E-state index in [0.29, 0.717) is 0 Å². The van der Waals surface area contributed by atoms with Crippen LogP contribution < -0.4 is 0 Å². The van der Waals surface area contributed by atoms with E-state index < -0.39 is 29.7 Å². The predicted molar refractivity (Wildman–Crippen MR) is 81.8 cm³/mol. The van der Waals surface area contributed by atoms with Gasteiger partial charge in [-0.05, 0) is 24.3 Å². The normalized spacial score (nSPS) is 18.0. The molecule has 1 saturated heterocycles. The number of rotatable bonds is 3. The number of nitrogens with zero attached hydrogens (tertiary/aromatic N) is 3. The lowest BCUT2D eigenvalue weighted by Crippen LogP contribution is -2.48. The van der Waals surface area contributed by atoms with E-state index in [1.165, 1.54) is 29.3 Å². The number of benzene rings is 1. The van der Waals surface area contributed by atoms with E-state index in [2.05, 4.69) is 5.10 Å². The molecule has 7 nitrogen and oxygen atoms in total. The minimum atomic E-state index is -4.48. The standard InChI is InChI=1S/C16H14F3N3O4/c17-16(18,19)10-2-1-3-11(8-10)22-5-4-12(20-22)14(23)21-6-7-26-13(9-21)15(24)25/h1-5,8,13H,6-7,9H2,(H,24,25)/t13-/m0/s1. The van der Waals surface area contributed by atoms with Gasteiger partial charge >= 0.3 is 12.1 Å². The van der Waals surface area contributed by atoms with Gasteiger partial charge in [0, 0.05) is 12.7 Å². The van der Waals surface area contributed by atoms with Gasteiger partial charge < -0.3 is 14.7 Å². The van der Waals surface area contributed by atoms with Gasteiger partial charge in [-0.2, -0.15) is 18.3 Å². The van der Waals surface area contributed by atoms with Crippen LogP contribution >= 0.6 is 0 Å². The van der Waals surface area contributed by atoms with Crippen molar-refractivity contribution >= 4 is 11.9 Å². The van der Waals surface area contributed by atoms with Crippen molar-refractivity contribution in [3.8, 4) is 5.69 Å². The lowest BCUT2D eigenvalue weighted by molar-refractivity contribution is -0.154. The number of halogens is 3. The summed E-state index contributed by atoms with van der Waals surface area (Å²) in [6, 6.07) is 5.93. The van der Waals surface area contributed by atoms with Crippen LogP contribution in [0.4, 0.5) is 13.2 Å². The monoisotopic (exact) mass is 369 g/mol. The van der Waals surface area contributed by atoms with Crippen molar-refractivity contribution in [3.05, 3.63) is 47.8 Å². The predicted octanol–water partition coefficient (Wildman–Crippen LogP) is 1.82. The fourth-order valence-electron chi connectivity index (χ4n) is 2.55. The second-order valence-corrected chi connectivity index (χ2v) is 5.64.